The molecule has 4 saturated carbocycles. The van der Waals surface area contributed by atoms with Crippen molar-refractivity contribution in [3.8, 4) is 0 Å². The SMILES string of the molecule is CC1(C)CCC2(NC(=O)c3cccnc3Cl)CCC3(C)C(=CCC4C5(C)CCC(O)C(C)(C)C5CCC43C)C2C1. The minimum Gasteiger partial charge on any atom is -0.393 e. The summed E-state index contributed by atoms with van der Waals surface area (Å²) in [6.07, 6.45) is 15.0. The minimum atomic E-state index is -0.238. The van der Waals surface area contributed by atoms with Crippen molar-refractivity contribution in [2.24, 2.45) is 44.8 Å². The lowest BCUT2D eigenvalue weighted by atomic mass is 9.34. The molecule has 8 unspecified atom stereocenters. The molecule has 0 aromatic carbocycles. The molecule has 5 aliphatic rings. The Bertz CT molecular complexity index is 1240. The van der Waals surface area contributed by atoms with Crippen molar-refractivity contribution in [2.75, 3.05) is 0 Å². The second-order valence-corrected chi connectivity index (χ2v) is 16.9. The Morgan fingerprint density at radius 1 is 0.975 bits per heavy atom. The molecule has 5 heteroatoms. The van der Waals surface area contributed by atoms with Gasteiger partial charge in [-0.2, -0.15) is 0 Å². The number of allylic oxidation sites excluding steroid dienone is 1. The Kier molecular flexibility index (Phi) is 6.50. The van der Waals surface area contributed by atoms with Crippen LogP contribution in [0.2, 0.25) is 5.15 Å². The van der Waals surface area contributed by atoms with Gasteiger partial charge in [-0.15, -0.1) is 0 Å². The number of hydrogen-bond donors (Lipinski definition) is 2. The van der Waals surface area contributed by atoms with Crippen LogP contribution in [0.25, 0.3) is 0 Å². The van der Waals surface area contributed by atoms with Crippen LogP contribution in [-0.2, 0) is 0 Å². The summed E-state index contributed by atoms with van der Waals surface area (Å²) in [5.41, 5.74) is 2.65. The minimum absolute atomic E-state index is 0.0355. The molecule has 1 heterocycles. The van der Waals surface area contributed by atoms with E-state index in [2.05, 4.69) is 64.8 Å². The number of fused-ring (bicyclic) bond motifs is 7. The van der Waals surface area contributed by atoms with Crippen LogP contribution in [0.4, 0.5) is 0 Å². The van der Waals surface area contributed by atoms with Crippen molar-refractivity contribution in [2.45, 2.75) is 124 Å². The van der Waals surface area contributed by atoms with Crippen molar-refractivity contribution in [3.63, 3.8) is 0 Å². The van der Waals surface area contributed by atoms with Gasteiger partial charge in [0.15, 0.2) is 0 Å². The molecule has 4 nitrogen and oxygen atoms in total. The quantitative estimate of drug-likeness (QED) is 0.279. The molecule has 6 rings (SSSR count). The molecule has 0 saturated heterocycles. The number of amides is 1. The molecule has 2 N–H and O–H groups in total. The zero-order valence-corrected chi connectivity index (χ0v) is 26.6. The number of carbonyl (C=O) groups excluding carboxylic acids is 1. The van der Waals surface area contributed by atoms with Crippen LogP contribution >= 0.6 is 11.6 Å². The van der Waals surface area contributed by atoms with Crippen LogP contribution in [0.5, 0.6) is 0 Å². The van der Waals surface area contributed by atoms with E-state index in [4.69, 9.17) is 11.6 Å². The van der Waals surface area contributed by atoms with E-state index in [-0.39, 0.29) is 49.8 Å². The predicted molar refractivity (Wildman–Crippen MR) is 162 cm³/mol. The molecule has 1 aromatic heterocycles. The average molecular weight is 567 g/mol. The first kappa shape index (κ1) is 28.7. The molecule has 220 valence electrons. The molecule has 8 atom stereocenters. The Balaban J connectivity index is 1.40. The first-order valence-electron chi connectivity index (χ1n) is 15.9. The van der Waals surface area contributed by atoms with E-state index < -0.39 is 0 Å². The normalized spacial score (nSPS) is 45.2. The first-order chi connectivity index (χ1) is 18.6. The summed E-state index contributed by atoms with van der Waals surface area (Å²) in [7, 11) is 0. The summed E-state index contributed by atoms with van der Waals surface area (Å²) in [6.45, 7) is 17.3. The van der Waals surface area contributed by atoms with Crippen molar-refractivity contribution in [1.82, 2.24) is 10.3 Å². The van der Waals surface area contributed by atoms with Gasteiger partial charge in [0, 0.05) is 17.7 Å². The van der Waals surface area contributed by atoms with Crippen LogP contribution < -0.4 is 5.32 Å². The lowest BCUT2D eigenvalue weighted by Crippen LogP contribution is -2.67. The van der Waals surface area contributed by atoms with Crippen LogP contribution in [0.1, 0.15) is 123 Å². The second-order valence-electron chi connectivity index (χ2n) is 16.5. The summed E-state index contributed by atoms with van der Waals surface area (Å²) in [4.78, 5) is 17.9. The predicted octanol–water partition coefficient (Wildman–Crippen LogP) is 8.38. The largest absolute Gasteiger partial charge is 0.393 e. The van der Waals surface area contributed by atoms with Gasteiger partial charge in [-0.3, -0.25) is 4.79 Å². The number of nitrogens with zero attached hydrogens (tertiary/aromatic N) is 1. The van der Waals surface area contributed by atoms with Gasteiger partial charge in [-0.05, 0) is 115 Å². The van der Waals surface area contributed by atoms with Crippen LogP contribution in [-0.4, -0.2) is 27.6 Å². The summed E-state index contributed by atoms with van der Waals surface area (Å²) in [5.74, 6) is 1.43. The first-order valence-corrected chi connectivity index (χ1v) is 16.3. The molecule has 0 radical (unpaired) electrons. The van der Waals surface area contributed by atoms with Crippen LogP contribution in [0, 0.1) is 44.8 Å². The number of aromatic nitrogens is 1. The van der Waals surface area contributed by atoms with E-state index in [0.29, 0.717) is 23.3 Å². The maximum absolute atomic E-state index is 13.7. The number of halogens is 1. The number of nitrogens with one attached hydrogen (secondary N) is 1. The maximum atomic E-state index is 13.7. The molecule has 4 fully saturated rings. The number of rotatable bonds is 2. The third-order valence-electron chi connectivity index (χ3n) is 14.0. The molecule has 1 aromatic rings. The highest BCUT2D eigenvalue weighted by Crippen LogP contribution is 2.74. The van der Waals surface area contributed by atoms with E-state index in [1.807, 2.05) is 0 Å². The average Bonchev–Trinajstić information content (AvgIpc) is 2.88. The number of carbonyl (C=O) groups is 1. The van der Waals surface area contributed by atoms with Gasteiger partial charge in [0.25, 0.3) is 5.91 Å². The van der Waals surface area contributed by atoms with Crippen molar-refractivity contribution in [1.29, 1.82) is 0 Å². The van der Waals surface area contributed by atoms with E-state index >= 15 is 0 Å². The van der Waals surface area contributed by atoms with Gasteiger partial charge in [-0.25, -0.2) is 4.98 Å². The smallest absolute Gasteiger partial charge is 0.254 e. The van der Waals surface area contributed by atoms with Crippen molar-refractivity contribution < 1.29 is 9.90 Å². The highest BCUT2D eigenvalue weighted by Gasteiger charge is 2.68. The number of aliphatic hydroxyl groups is 1. The molecule has 40 heavy (non-hydrogen) atoms. The third-order valence-corrected chi connectivity index (χ3v) is 14.3. The monoisotopic (exact) mass is 566 g/mol. The van der Waals surface area contributed by atoms with E-state index in [1.54, 1.807) is 23.9 Å². The fourth-order valence-corrected chi connectivity index (χ4v) is 11.5. The molecule has 5 aliphatic carbocycles. The topological polar surface area (TPSA) is 62.2 Å². The highest BCUT2D eigenvalue weighted by molar-refractivity contribution is 6.32. The molecule has 0 aliphatic heterocycles. The number of aliphatic hydroxyl groups excluding tert-OH is 1. The van der Waals surface area contributed by atoms with Gasteiger partial charge < -0.3 is 10.4 Å². The Morgan fingerprint density at radius 2 is 1.70 bits per heavy atom. The lowest BCUT2D eigenvalue weighted by molar-refractivity contribution is -0.201. The van der Waals surface area contributed by atoms with Crippen LogP contribution in [0.3, 0.4) is 0 Å². The molecular weight excluding hydrogens is 516 g/mol. The lowest BCUT2D eigenvalue weighted by Gasteiger charge is -2.71. The van der Waals surface area contributed by atoms with Gasteiger partial charge in [0.1, 0.15) is 5.15 Å². The van der Waals surface area contributed by atoms with Gasteiger partial charge in [-0.1, -0.05) is 71.7 Å². The van der Waals surface area contributed by atoms with Crippen molar-refractivity contribution in [3.05, 3.63) is 40.7 Å². The maximum Gasteiger partial charge on any atom is 0.254 e. The third kappa shape index (κ3) is 3.86. The fraction of sp³-hybridized carbons (Fsp3) is 0.771. The molecular formula is C35H51ClN2O2. The number of hydrogen-bond acceptors (Lipinski definition) is 3. The zero-order chi connectivity index (χ0) is 28.9. The molecule has 1 amide bonds. The second kappa shape index (κ2) is 9.06. The number of pyridine rings is 1. The highest BCUT2D eigenvalue weighted by atomic mass is 35.5. The van der Waals surface area contributed by atoms with E-state index in [0.717, 1.165) is 51.4 Å². The van der Waals surface area contributed by atoms with E-state index in [1.165, 1.54) is 12.8 Å². The Labute approximate surface area is 247 Å². The zero-order valence-electron chi connectivity index (χ0n) is 25.9. The summed E-state index contributed by atoms with van der Waals surface area (Å²) in [6, 6.07) is 3.59. The Morgan fingerprint density at radius 3 is 2.42 bits per heavy atom. The molecule has 0 bridgehead atoms. The van der Waals surface area contributed by atoms with E-state index in [9.17, 15) is 9.90 Å². The Hall–Kier alpha value is -1.39. The van der Waals surface area contributed by atoms with Gasteiger partial charge in [0.2, 0.25) is 0 Å². The molecule has 0 spiro atoms. The van der Waals surface area contributed by atoms with Crippen LogP contribution in [0.15, 0.2) is 30.0 Å². The standard InChI is InChI=1S/C35H51ClN2O2/c1-30(2)16-18-35(38-29(40)22-9-8-20-37-28(22)36)19-17-33(6)23(24(35)21-30)10-11-26-32(5)14-13-27(39)31(3,4)25(32)12-15-34(26,33)7/h8-10,20,24-27,39H,11-19,21H2,1-7H3,(H,38,40). The van der Waals surface area contributed by atoms with Gasteiger partial charge in [0.05, 0.1) is 11.7 Å². The van der Waals surface area contributed by atoms with Gasteiger partial charge >= 0.3 is 0 Å². The summed E-state index contributed by atoms with van der Waals surface area (Å²) >= 11 is 6.38. The summed E-state index contributed by atoms with van der Waals surface area (Å²) in [5, 5.41) is 14.9. The van der Waals surface area contributed by atoms with Crippen molar-refractivity contribution >= 4 is 17.5 Å². The summed E-state index contributed by atoms with van der Waals surface area (Å²) < 4.78 is 0. The fourth-order valence-electron chi connectivity index (χ4n) is 11.3.